The van der Waals surface area contributed by atoms with Gasteiger partial charge in [-0.2, -0.15) is 0 Å². The maximum atomic E-state index is 14.1. The molecular formula is C55H46O17. The van der Waals surface area contributed by atoms with Crippen LogP contribution in [0.25, 0.3) is 22.3 Å². The summed E-state index contributed by atoms with van der Waals surface area (Å²) >= 11 is 0. The zero-order valence-electron chi connectivity index (χ0n) is 38.2. The molecule has 17 nitrogen and oxygen atoms in total. The van der Waals surface area contributed by atoms with Crippen molar-refractivity contribution < 1.29 is 76.8 Å². The van der Waals surface area contributed by atoms with E-state index in [1.807, 2.05) is 0 Å². The molecule has 0 bridgehead atoms. The van der Waals surface area contributed by atoms with Crippen molar-refractivity contribution in [2.45, 2.75) is 68.3 Å². The van der Waals surface area contributed by atoms with Crippen LogP contribution in [0.15, 0.2) is 179 Å². The minimum Gasteiger partial charge on any atom is -0.462 e. The van der Waals surface area contributed by atoms with Crippen molar-refractivity contribution in [3.63, 3.8) is 0 Å². The standard InChI is InChI=1S/C55H46O17/c1-31-44(57)45(58)46(59)54(65-31)66-37-24-22-32(23-25-37)41-29-40(56)39-27-26-38(28-42(39)68-41)67-55-49(72-53(63)36-20-12-5-13-21-36)48(71-52(62)35-18-10-4-11-19-35)47(70-51(61)34-16-8-3-9-17-34)43(69-55)30-64-50(60)33-14-6-2-7-15-33/h2-29,31,43-49,54-55,57-59H,30H2,1H3/t31-,43+,44-,45+,46+,47+,48-,49+,54-,55+/m0/s1. The molecule has 6 aromatic carbocycles. The predicted molar refractivity (Wildman–Crippen MR) is 254 cm³/mol. The summed E-state index contributed by atoms with van der Waals surface area (Å²) in [6, 6.07) is 43.8. The summed E-state index contributed by atoms with van der Waals surface area (Å²) in [6.07, 6.45) is -14.6. The molecule has 7 aromatic rings. The average molecular weight is 979 g/mol. The van der Waals surface area contributed by atoms with Crippen molar-refractivity contribution in [2.75, 3.05) is 6.61 Å². The molecular weight excluding hydrogens is 933 g/mol. The lowest BCUT2D eigenvalue weighted by atomic mass is 9.97. The van der Waals surface area contributed by atoms with E-state index in [-0.39, 0.29) is 50.5 Å². The topological polar surface area (TPSA) is 233 Å². The van der Waals surface area contributed by atoms with Crippen molar-refractivity contribution in [3.8, 4) is 22.8 Å². The molecule has 368 valence electrons. The number of aliphatic hydroxyl groups excluding tert-OH is 3. The van der Waals surface area contributed by atoms with E-state index < -0.39 is 97.3 Å². The van der Waals surface area contributed by atoms with Gasteiger partial charge in [-0.3, -0.25) is 4.79 Å². The van der Waals surface area contributed by atoms with E-state index >= 15 is 0 Å². The Morgan fingerprint density at radius 1 is 0.500 bits per heavy atom. The molecule has 0 radical (unpaired) electrons. The first-order valence-corrected chi connectivity index (χ1v) is 22.8. The highest BCUT2D eigenvalue weighted by atomic mass is 16.7. The molecule has 0 saturated carbocycles. The van der Waals surface area contributed by atoms with Crippen LogP contribution in [0, 0.1) is 0 Å². The lowest BCUT2D eigenvalue weighted by Gasteiger charge is -2.44. The summed E-state index contributed by atoms with van der Waals surface area (Å²) in [5.41, 5.74) is 0.606. The van der Waals surface area contributed by atoms with Gasteiger partial charge in [0.25, 0.3) is 0 Å². The fraction of sp³-hybridized carbons (Fsp3) is 0.218. The summed E-state index contributed by atoms with van der Waals surface area (Å²) in [5.74, 6) is -3.02. The maximum Gasteiger partial charge on any atom is 0.338 e. The molecule has 2 fully saturated rings. The molecule has 0 spiro atoms. The number of esters is 4. The van der Waals surface area contributed by atoms with Crippen molar-refractivity contribution in [3.05, 3.63) is 202 Å². The summed E-state index contributed by atoms with van der Waals surface area (Å²) < 4.78 is 54.7. The van der Waals surface area contributed by atoms with Crippen LogP contribution in [0.4, 0.5) is 0 Å². The first kappa shape index (κ1) is 48.8. The Balaban J connectivity index is 1.07. The maximum absolute atomic E-state index is 14.1. The molecule has 3 N–H and O–H groups in total. The zero-order valence-corrected chi connectivity index (χ0v) is 38.2. The lowest BCUT2D eigenvalue weighted by Crippen LogP contribution is -2.63. The minimum absolute atomic E-state index is 0.0118. The third kappa shape index (κ3) is 11.1. The van der Waals surface area contributed by atoms with E-state index in [1.165, 1.54) is 79.7 Å². The number of carbonyl (C=O) groups excluding carboxylic acids is 4. The van der Waals surface area contributed by atoms with Crippen LogP contribution in [0.2, 0.25) is 0 Å². The van der Waals surface area contributed by atoms with Gasteiger partial charge in [-0.05, 0) is 91.9 Å². The Morgan fingerprint density at radius 2 is 0.986 bits per heavy atom. The Kier molecular flexibility index (Phi) is 14.8. The van der Waals surface area contributed by atoms with E-state index in [2.05, 4.69) is 0 Å². The van der Waals surface area contributed by atoms with E-state index in [0.717, 1.165) is 0 Å². The van der Waals surface area contributed by atoms with Gasteiger partial charge in [0.15, 0.2) is 17.6 Å². The summed E-state index contributed by atoms with van der Waals surface area (Å²) in [7, 11) is 0. The fourth-order valence-corrected chi connectivity index (χ4v) is 8.05. The number of hydrogen-bond acceptors (Lipinski definition) is 17. The van der Waals surface area contributed by atoms with Crippen LogP contribution >= 0.6 is 0 Å². The second-order valence-electron chi connectivity index (χ2n) is 16.8. The number of carbonyl (C=O) groups is 4. The molecule has 17 heteroatoms. The van der Waals surface area contributed by atoms with Gasteiger partial charge in [-0.25, -0.2) is 19.2 Å². The molecule has 2 aliphatic heterocycles. The van der Waals surface area contributed by atoms with Crippen LogP contribution in [-0.4, -0.2) is 107 Å². The Morgan fingerprint density at radius 3 is 1.54 bits per heavy atom. The van der Waals surface area contributed by atoms with Gasteiger partial charge in [0.2, 0.25) is 18.7 Å². The number of fused-ring (bicyclic) bond motifs is 1. The lowest BCUT2D eigenvalue weighted by molar-refractivity contribution is -0.275. The molecule has 72 heavy (non-hydrogen) atoms. The first-order chi connectivity index (χ1) is 34.9. The molecule has 2 saturated heterocycles. The fourth-order valence-electron chi connectivity index (χ4n) is 8.05. The third-order valence-electron chi connectivity index (χ3n) is 11.9. The van der Waals surface area contributed by atoms with Gasteiger partial charge in [0.05, 0.1) is 33.7 Å². The smallest absolute Gasteiger partial charge is 0.338 e. The first-order valence-electron chi connectivity index (χ1n) is 22.8. The highest BCUT2D eigenvalue weighted by Crippen LogP contribution is 2.35. The largest absolute Gasteiger partial charge is 0.462 e. The molecule has 0 aliphatic carbocycles. The number of aliphatic hydroxyl groups is 3. The van der Waals surface area contributed by atoms with Gasteiger partial charge >= 0.3 is 23.9 Å². The molecule has 10 atom stereocenters. The summed E-state index contributed by atoms with van der Waals surface area (Å²) in [5, 5.41) is 30.9. The molecule has 9 rings (SSSR count). The predicted octanol–water partition coefficient (Wildman–Crippen LogP) is 6.30. The minimum atomic E-state index is -1.70. The highest BCUT2D eigenvalue weighted by molar-refractivity contribution is 5.92. The van der Waals surface area contributed by atoms with Gasteiger partial charge < -0.3 is 57.6 Å². The number of ether oxygens (including phenoxy) is 8. The number of benzene rings is 6. The molecule has 2 aliphatic rings. The molecule has 1 aromatic heterocycles. The van der Waals surface area contributed by atoms with Crippen LogP contribution in [0.1, 0.15) is 48.4 Å². The van der Waals surface area contributed by atoms with Crippen molar-refractivity contribution in [2.24, 2.45) is 0 Å². The second kappa shape index (κ2) is 21.8. The van der Waals surface area contributed by atoms with E-state index in [0.29, 0.717) is 5.56 Å². The van der Waals surface area contributed by atoms with Gasteiger partial charge in [-0.15, -0.1) is 0 Å². The SMILES string of the molecule is C[C@@H]1O[C@@H](Oc2ccc(-c3cc(=O)c4ccc(O[C@@H]5O[C@H](COC(=O)c6ccccc6)[C@@H](OC(=O)c6ccccc6)[C@H](OC(=O)c6ccccc6)[C@H]5OC(=O)c5ccccc5)cc4o3)cc2)[C@H](O)[C@H](O)[C@H]1O. The van der Waals surface area contributed by atoms with E-state index in [9.17, 15) is 39.3 Å². The third-order valence-corrected chi connectivity index (χ3v) is 11.9. The summed E-state index contributed by atoms with van der Waals surface area (Å²) in [4.78, 5) is 69.0. The molecule has 3 heterocycles. The normalized spacial score (nSPS) is 23.8. The van der Waals surface area contributed by atoms with Crippen LogP contribution in [0.3, 0.4) is 0 Å². The molecule has 0 amide bonds. The average Bonchev–Trinajstić information content (AvgIpc) is 3.41. The second-order valence-corrected chi connectivity index (χ2v) is 16.8. The quantitative estimate of drug-likeness (QED) is 0.0801. The van der Waals surface area contributed by atoms with Crippen LogP contribution in [0.5, 0.6) is 11.5 Å². The number of rotatable bonds is 14. The Bertz CT molecular complexity index is 3060. The van der Waals surface area contributed by atoms with E-state index in [4.69, 9.17) is 42.3 Å². The van der Waals surface area contributed by atoms with Gasteiger partial charge in [-0.1, -0.05) is 72.8 Å². The zero-order chi connectivity index (χ0) is 50.3. The van der Waals surface area contributed by atoms with Crippen LogP contribution < -0.4 is 14.9 Å². The Hall–Kier alpha value is -8.19. The highest BCUT2D eigenvalue weighted by Gasteiger charge is 2.54. The van der Waals surface area contributed by atoms with Crippen LogP contribution in [-0.2, 0) is 28.4 Å². The van der Waals surface area contributed by atoms with E-state index in [1.54, 1.807) is 97.1 Å². The van der Waals surface area contributed by atoms with Crippen molar-refractivity contribution >= 4 is 34.8 Å². The number of hydrogen-bond donors (Lipinski definition) is 3. The van der Waals surface area contributed by atoms with Crippen molar-refractivity contribution in [1.29, 1.82) is 0 Å². The van der Waals surface area contributed by atoms with Gasteiger partial charge in [0.1, 0.15) is 53.9 Å². The van der Waals surface area contributed by atoms with Gasteiger partial charge in [0, 0.05) is 17.7 Å². The van der Waals surface area contributed by atoms with Crippen molar-refractivity contribution in [1.82, 2.24) is 0 Å². The monoisotopic (exact) mass is 978 g/mol. The Labute approximate surface area is 410 Å². The summed E-state index contributed by atoms with van der Waals surface area (Å²) in [6.45, 7) is 0.946. The molecule has 0 unspecified atom stereocenters.